The van der Waals surface area contributed by atoms with Crippen molar-refractivity contribution in [1.82, 2.24) is 4.90 Å². The molecule has 2 aliphatic rings. The van der Waals surface area contributed by atoms with E-state index >= 15 is 0 Å². The molecule has 52 valence electrons. The van der Waals surface area contributed by atoms with Crippen molar-refractivity contribution in [3.63, 3.8) is 0 Å². The standard InChI is InChI=1S/C7H12IN/c1-5(8)9-3-6-2-7(6)4-9/h5-7H,2-4H2,1H3. The van der Waals surface area contributed by atoms with Crippen LogP contribution in [0.3, 0.4) is 0 Å². The molecule has 1 aliphatic carbocycles. The summed E-state index contributed by atoms with van der Waals surface area (Å²) >= 11 is 2.50. The van der Waals surface area contributed by atoms with Crippen molar-refractivity contribution in [2.45, 2.75) is 17.4 Å². The molecule has 0 aromatic carbocycles. The third kappa shape index (κ3) is 1.11. The molecule has 2 heteroatoms. The second-order valence-electron chi connectivity index (χ2n) is 3.28. The van der Waals surface area contributed by atoms with Crippen LogP contribution in [0.2, 0.25) is 0 Å². The summed E-state index contributed by atoms with van der Waals surface area (Å²) in [4.78, 5) is 2.58. The quantitative estimate of drug-likeness (QED) is 0.381. The van der Waals surface area contributed by atoms with Crippen molar-refractivity contribution >= 4 is 22.6 Å². The van der Waals surface area contributed by atoms with E-state index in [9.17, 15) is 0 Å². The molecule has 2 fully saturated rings. The van der Waals surface area contributed by atoms with Gasteiger partial charge in [0.1, 0.15) is 0 Å². The van der Waals surface area contributed by atoms with Gasteiger partial charge in [0.05, 0.1) is 4.05 Å². The van der Waals surface area contributed by atoms with Gasteiger partial charge < -0.3 is 0 Å². The summed E-state index contributed by atoms with van der Waals surface area (Å²) in [5.74, 6) is 2.20. The average molecular weight is 237 g/mol. The van der Waals surface area contributed by atoms with Gasteiger partial charge in [0.15, 0.2) is 0 Å². The number of alkyl halides is 1. The van der Waals surface area contributed by atoms with Crippen molar-refractivity contribution in [3.05, 3.63) is 0 Å². The molecule has 1 nitrogen and oxygen atoms in total. The van der Waals surface area contributed by atoms with Crippen LogP contribution in [0.5, 0.6) is 0 Å². The molecule has 0 spiro atoms. The molecule has 9 heavy (non-hydrogen) atoms. The molecule has 3 unspecified atom stereocenters. The first-order chi connectivity index (χ1) is 4.27. The molecule has 0 radical (unpaired) electrons. The van der Waals surface area contributed by atoms with E-state index in [4.69, 9.17) is 0 Å². The van der Waals surface area contributed by atoms with Crippen LogP contribution < -0.4 is 0 Å². The van der Waals surface area contributed by atoms with Crippen LogP contribution >= 0.6 is 22.6 Å². The number of piperidine rings is 1. The van der Waals surface area contributed by atoms with E-state index in [1.54, 1.807) is 0 Å². The largest absolute Gasteiger partial charge is 0.291 e. The summed E-state index contributed by atoms with van der Waals surface area (Å²) in [5.41, 5.74) is 0. The van der Waals surface area contributed by atoms with Gasteiger partial charge in [-0.3, -0.25) is 4.90 Å². The Morgan fingerprint density at radius 2 is 2.00 bits per heavy atom. The van der Waals surface area contributed by atoms with E-state index in [-0.39, 0.29) is 0 Å². The molecule has 1 aliphatic heterocycles. The van der Waals surface area contributed by atoms with E-state index in [0.29, 0.717) is 0 Å². The zero-order chi connectivity index (χ0) is 6.43. The lowest BCUT2D eigenvalue weighted by Crippen LogP contribution is -2.27. The van der Waals surface area contributed by atoms with E-state index in [1.165, 1.54) is 19.5 Å². The van der Waals surface area contributed by atoms with Gasteiger partial charge in [0.25, 0.3) is 0 Å². The highest BCUT2D eigenvalue weighted by Gasteiger charge is 2.45. The third-order valence-electron chi connectivity index (χ3n) is 2.51. The second kappa shape index (κ2) is 2.09. The van der Waals surface area contributed by atoms with Crippen molar-refractivity contribution in [2.24, 2.45) is 11.8 Å². The van der Waals surface area contributed by atoms with E-state index < -0.39 is 0 Å². The fraction of sp³-hybridized carbons (Fsp3) is 1.00. The summed E-state index contributed by atoms with van der Waals surface area (Å²) in [6.07, 6.45) is 1.53. The van der Waals surface area contributed by atoms with E-state index in [2.05, 4.69) is 34.4 Å². The number of nitrogens with zero attached hydrogens (tertiary/aromatic N) is 1. The summed E-state index contributed by atoms with van der Waals surface area (Å²) in [7, 11) is 0. The number of rotatable bonds is 1. The smallest absolute Gasteiger partial charge is 0.0590 e. The Bertz CT molecular complexity index is 114. The zero-order valence-corrected chi connectivity index (χ0v) is 7.84. The maximum absolute atomic E-state index is 2.58. The first kappa shape index (κ1) is 6.40. The summed E-state index contributed by atoms with van der Waals surface area (Å²) in [6.45, 7) is 5.05. The Kier molecular flexibility index (Phi) is 1.49. The Balaban J connectivity index is 1.90. The lowest BCUT2D eigenvalue weighted by atomic mass is 10.4. The molecule has 3 atom stereocenters. The normalized spacial score (nSPS) is 44.7. The van der Waals surface area contributed by atoms with Gasteiger partial charge in [0, 0.05) is 13.1 Å². The molecule has 0 aromatic rings. The molecular formula is C7H12IN. The molecule has 0 amide bonds. The van der Waals surface area contributed by atoms with E-state index in [0.717, 1.165) is 15.9 Å². The van der Waals surface area contributed by atoms with Crippen LogP contribution in [0.15, 0.2) is 0 Å². The van der Waals surface area contributed by atoms with Gasteiger partial charge in [-0.05, 0) is 25.2 Å². The first-order valence-corrected chi connectivity index (χ1v) is 4.90. The van der Waals surface area contributed by atoms with Crippen LogP contribution in [0.25, 0.3) is 0 Å². The third-order valence-corrected chi connectivity index (χ3v) is 3.30. The van der Waals surface area contributed by atoms with Gasteiger partial charge in [-0.1, -0.05) is 22.6 Å². The minimum absolute atomic E-state index is 0.760. The molecule has 1 saturated carbocycles. The number of hydrogen-bond acceptors (Lipinski definition) is 1. The van der Waals surface area contributed by atoms with Gasteiger partial charge in [-0.2, -0.15) is 0 Å². The van der Waals surface area contributed by atoms with Crippen LogP contribution in [0, 0.1) is 11.8 Å². The average Bonchev–Trinajstić information content (AvgIpc) is 2.40. The number of likely N-dealkylation sites (tertiary alicyclic amines) is 1. The monoisotopic (exact) mass is 237 g/mol. The lowest BCUT2D eigenvalue weighted by Gasteiger charge is -2.19. The van der Waals surface area contributed by atoms with Crippen LogP contribution in [0.1, 0.15) is 13.3 Å². The van der Waals surface area contributed by atoms with Gasteiger partial charge in [0.2, 0.25) is 0 Å². The number of hydrogen-bond donors (Lipinski definition) is 0. The predicted molar refractivity (Wildman–Crippen MR) is 46.7 cm³/mol. The highest BCUT2D eigenvalue weighted by atomic mass is 127. The minimum Gasteiger partial charge on any atom is -0.291 e. The van der Waals surface area contributed by atoms with Gasteiger partial charge in [-0.25, -0.2) is 0 Å². The second-order valence-corrected chi connectivity index (χ2v) is 5.09. The zero-order valence-electron chi connectivity index (χ0n) is 5.68. The van der Waals surface area contributed by atoms with Crippen molar-refractivity contribution in [2.75, 3.05) is 13.1 Å². The SMILES string of the molecule is CC(I)N1CC2CC2C1. The van der Waals surface area contributed by atoms with E-state index in [1.807, 2.05) is 0 Å². The highest BCUT2D eigenvalue weighted by molar-refractivity contribution is 14.1. The highest BCUT2D eigenvalue weighted by Crippen LogP contribution is 2.45. The van der Waals surface area contributed by atoms with Crippen LogP contribution in [-0.2, 0) is 0 Å². The molecule has 1 saturated heterocycles. The van der Waals surface area contributed by atoms with Crippen LogP contribution in [-0.4, -0.2) is 22.0 Å². The Morgan fingerprint density at radius 3 is 2.33 bits per heavy atom. The summed E-state index contributed by atoms with van der Waals surface area (Å²) in [5, 5.41) is 0. The molecule has 0 N–H and O–H groups in total. The fourth-order valence-corrected chi connectivity index (χ4v) is 2.18. The fourth-order valence-electron chi connectivity index (χ4n) is 1.72. The Hall–Kier alpha value is 0.690. The maximum Gasteiger partial charge on any atom is 0.0590 e. The first-order valence-electron chi connectivity index (χ1n) is 3.65. The lowest BCUT2D eigenvalue weighted by molar-refractivity contribution is 0.309. The molecule has 0 aromatic heterocycles. The molecular weight excluding hydrogens is 225 g/mol. The molecule has 0 bridgehead atoms. The molecule has 1 heterocycles. The number of fused-ring (bicyclic) bond motifs is 1. The van der Waals surface area contributed by atoms with Crippen LogP contribution in [0.4, 0.5) is 0 Å². The summed E-state index contributed by atoms with van der Waals surface area (Å²) in [6, 6.07) is 0. The van der Waals surface area contributed by atoms with Crippen molar-refractivity contribution in [3.8, 4) is 0 Å². The van der Waals surface area contributed by atoms with Gasteiger partial charge in [-0.15, -0.1) is 0 Å². The summed E-state index contributed by atoms with van der Waals surface area (Å²) < 4.78 is 0.760. The van der Waals surface area contributed by atoms with Crippen molar-refractivity contribution < 1.29 is 0 Å². The maximum atomic E-state index is 2.58. The van der Waals surface area contributed by atoms with Gasteiger partial charge >= 0.3 is 0 Å². The minimum atomic E-state index is 0.760. The Morgan fingerprint density at radius 1 is 1.44 bits per heavy atom. The number of halogens is 1. The molecule has 2 rings (SSSR count). The van der Waals surface area contributed by atoms with Crippen molar-refractivity contribution in [1.29, 1.82) is 0 Å². The topological polar surface area (TPSA) is 3.24 Å². The Labute approximate surface area is 69.9 Å². The predicted octanol–water partition coefficient (Wildman–Crippen LogP) is 1.72.